The van der Waals surface area contributed by atoms with Gasteiger partial charge in [0.25, 0.3) is 0 Å². The van der Waals surface area contributed by atoms with Crippen molar-refractivity contribution >= 4 is 0 Å². The molecule has 78 valence electrons. The summed E-state index contributed by atoms with van der Waals surface area (Å²) in [7, 11) is 0. The first kappa shape index (κ1) is 9.71. The summed E-state index contributed by atoms with van der Waals surface area (Å²) in [6.07, 6.45) is 7.91. The molecule has 0 bridgehead atoms. The summed E-state index contributed by atoms with van der Waals surface area (Å²) in [6, 6.07) is 0.646. The third kappa shape index (κ3) is 1.57. The van der Waals surface area contributed by atoms with Crippen molar-refractivity contribution in [3.8, 4) is 0 Å². The normalized spacial score (nSPS) is 21.6. The largest absolute Gasteiger partial charge is 0.330 e. The van der Waals surface area contributed by atoms with E-state index < -0.39 is 0 Å². The van der Waals surface area contributed by atoms with Gasteiger partial charge in [-0.05, 0) is 32.6 Å². The van der Waals surface area contributed by atoms with Gasteiger partial charge < -0.3 is 10.3 Å². The summed E-state index contributed by atoms with van der Waals surface area (Å²) in [5.74, 6) is 0.835. The molecule has 1 heterocycles. The van der Waals surface area contributed by atoms with E-state index in [4.69, 9.17) is 5.73 Å². The van der Waals surface area contributed by atoms with Gasteiger partial charge in [0.15, 0.2) is 0 Å². The lowest BCUT2D eigenvalue weighted by molar-refractivity contribution is 0.218. The minimum atomic E-state index is 0.0834. The molecule has 2 rings (SSSR count). The van der Waals surface area contributed by atoms with Gasteiger partial charge >= 0.3 is 0 Å². The van der Waals surface area contributed by atoms with Crippen LogP contribution in [0, 0.1) is 5.92 Å². The Morgan fingerprint density at radius 3 is 2.71 bits per heavy atom. The Bertz CT molecular complexity index is 299. The zero-order valence-corrected chi connectivity index (χ0v) is 8.98. The number of hydrogen-bond acceptors (Lipinski definition) is 2. The van der Waals surface area contributed by atoms with Gasteiger partial charge in [0.2, 0.25) is 0 Å². The Kier molecular flexibility index (Phi) is 2.59. The molecule has 1 aliphatic rings. The lowest BCUT2D eigenvalue weighted by atomic mass is 9.80. The summed E-state index contributed by atoms with van der Waals surface area (Å²) in [4.78, 5) is 4.19. The highest BCUT2D eigenvalue weighted by molar-refractivity contribution is 5.05. The average molecular weight is 193 g/mol. The molecule has 0 saturated heterocycles. The molecular formula is C11H19N3. The van der Waals surface area contributed by atoms with Crippen LogP contribution in [0.15, 0.2) is 12.5 Å². The van der Waals surface area contributed by atoms with Crippen LogP contribution in [0.5, 0.6) is 0 Å². The Hall–Kier alpha value is -0.830. The van der Waals surface area contributed by atoms with E-state index in [9.17, 15) is 0 Å². The molecule has 1 aromatic heterocycles. The number of nitrogens with two attached hydrogens (primary N) is 1. The Balaban J connectivity index is 2.17. The van der Waals surface area contributed by atoms with Crippen LogP contribution in [0.2, 0.25) is 0 Å². The monoisotopic (exact) mass is 193 g/mol. The predicted molar refractivity (Wildman–Crippen MR) is 56.9 cm³/mol. The van der Waals surface area contributed by atoms with Gasteiger partial charge in [-0.3, -0.25) is 0 Å². The molecule has 0 amide bonds. The first-order valence-electron chi connectivity index (χ1n) is 5.47. The third-order valence-electron chi connectivity index (χ3n) is 3.43. The lowest BCUT2D eigenvalue weighted by Crippen LogP contribution is -2.25. The van der Waals surface area contributed by atoms with Gasteiger partial charge in [0, 0.05) is 18.3 Å². The van der Waals surface area contributed by atoms with Gasteiger partial charge in [-0.2, -0.15) is 0 Å². The van der Waals surface area contributed by atoms with E-state index >= 15 is 0 Å². The molecule has 1 unspecified atom stereocenters. The molecule has 2 N–H and O–H groups in total. The van der Waals surface area contributed by atoms with Crippen LogP contribution in [-0.4, -0.2) is 9.55 Å². The molecule has 3 heteroatoms. The fourth-order valence-corrected chi connectivity index (χ4v) is 2.16. The van der Waals surface area contributed by atoms with Crippen molar-refractivity contribution in [2.24, 2.45) is 11.7 Å². The van der Waals surface area contributed by atoms with Crippen LogP contribution in [-0.2, 0) is 0 Å². The van der Waals surface area contributed by atoms with Gasteiger partial charge in [-0.25, -0.2) is 4.98 Å². The minimum Gasteiger partial charge on any atom is -0.330 e. The number of hydrogen-bond donors (Lipinski definition) is 1. The molecule has 1 fully saturated rings. The van der Waals surface area contributed by atoms with Gasteiger partial charge in [-0.15, -0.1) is 0 Å². The smallest absolute Gasteiger partial charge is 0.0951 e. The molecule has 0 aliphatic heterocycles. The molecule has 0 spiro atoms. The van der Waals surface area contributed by atoms with Gasteiger partial charge in [-0.1, -0.05) is 6.42 Å². The number of nitrogens with zero attached hydrogens (tertiary/aromatic N) is 2. The van der Waals surface area contributed by atoms with E-state index in [1.165, 1.54) is 19.3 Å². The maximum atomic E-state index is 5.90. The third-order valence-corrected chi connectivity index (χ3v) is 3.43. The van der Waals surface area contributed by atoms with Crippen molar-refractivity contribution in [1.29, 1.82) is 0 Å². The Labute approximate surface area is 85.3 Å². The fourth-order valence-electron chi connectivity index (χ4n) is 2.16. The lowest BCUT2D eigenvalue weighted by Gasteiger charge is -2.33. The molecule has 0 aromatic carbocycles. The van der Waals surface area contributed by atoms with Gasteiger partial charge in [0.05, 0.1) is 12.0 Å². The van der Waals surface area contributed by atoms with Crippen LogP contribution in [0.3, 0.4) is 0 Å². The van der Waals surface area contributed by atoms with Crippen molar-refractivity contribution in [2.75, 3.05) is 0 Å². The topological polar surface area (TPSA) is 43.8 Å². The first-order chi connectivity index (χ1) is 6.70. The number of imidazole rings is 1. The van der Waals surface area contributed by atoms with Crippen LogP contribution < -0.4 is 5.73 Å². The maximum absolute atomic E-state index is 5.90. The quantitative estimate of drug-likeness (QED) is 0.800. The number of aromatic nitrogens is 2. The molecule has 3 nitrogen and oxygen atoms in total. The molecule has 1 aromatic rings. The van der Waals surface area contributed by atoms with E-state index in [0.717, 1.165) is 11.6 Å². The summed E-state index contributed by atoms with van der Waals surface area (Å²) in [6.45, 7) is 4.29. The Morgan fingerprint density at radius 2 is 2.21 bits per heavy atom. The summed E-state index contributed by atoms with van der Waals surface area (Å²) in [5.41, 5.74) is 7.05. The molecule has 1 aliphatic carbocycles. The second-order valence-electron chi connectivity index (χ2n) is 4.45. The first-order valence-corrected chi connectivity index (χ1v) is 5.47. The van der Waals surface area contributed by atoms with Crippen LogP contribution in [0.25, 0.3) is 0 Å². The second kappa shape index (κ2) is 3.73. The highest BCUT2D eigenvalue weighted by Crippen LogP contribution is 2.36. The SMILES string of the molecule is CC(C1CCC1)n1cncc1[C@H](C)N. The molecule has 2 atom stereocenters. The molecule has 0 radical (unpaired) electrons. The second-order valence-corrected chi connectivity index (χ2v) is 4.45. The molecule has 1 saturated carbocycles. The minimum absolute atomic E-state index is 0.0834. The molecule has 14 heavy (non-hydrogen) atoms. The summed E-state index contributed by atoms with van der Waals surface area (Å²) in [5, 5.41) is 0. The standard InChI is InChI=1S/C11H19N3/c1-8(12)11-6-13-7-14(11)9(2)10-4-3-5-10/h6-10H,3-5,12H2,1-2H3/t8-,9?/m0/s1. The number of rotatable bonds is 3. The highest BCUT2D eigenvalue weighted by atomic mass is 15.1. The van der Waals surface area contributed by atoms with E-state index in [0.29, 0.717) is 6.04 Å². The van der Waals surface area contributed by atoms with Crippen LogP contribution in [0.1, 0.15) is 50.9 Å². The van der Waals surface area contributed by atoms with E-state index in [1.807, 2.05) is 19.4 Å². The zero-order chi connectivity index (χ0) is 10.1. The zero-order valence-electron chi connectivity index (χ0n) is 8.98. The van der Waals surface area contributed by atoms with Crippen LogP contribution in [0.4, 0.5) is 0 Å². The van der Waals surface area contributed by atoms with Crippen molar-refractivity contribution in [1.82, 2.24) is 9.55 Å². The van der Waals surface area contributed by atoms with Crippen molar-refractivity contribution in [3.05, 3.63) is 18.2 Å². The fraction of sp³-hybridized carbons (Fsp3) is 0.727. The van der Waals surface area contributed by atoms with E-state index in [-0.39, 0.29) is 6.04 Å². The van der Waals surface area contributed by atoms with Gasteiger partial charge in [0.1, 0.15) is 0 Å². The van der Waals surface area contributed by atoms with E-state index in [1.54, 1.807) is 0 Å². The molecular weight excluding hydrogens is 174 g/mol. The van der Waals surface area contributed by atoms with Crippen molar-refractivity contribution < 1.29 is 0 Å². The highest BCUT2D eigenvalue weighted by Gasteiger charge is 2.26. The maximum Gasteiger partial charge on any atom is 0.0951 e. The van der Waals surface area contributed by atoms with Crippen LogP contribution >= 0.6 is 0 Å². The van der Waals surface area contributed by atoms with Crippen molar-refractivity contribution in [2.45, 2.75) is 45.2 Å². The summed E-state index contributed by atoms with van der Waals surface area (Å²) < 4.78 is 2.24. The van der Waals surface area contributed by atoms with E-state index in [2.05, 4.69) is 16.5 Å². The average Bonchev–Trinajstić information content (AvgIpc) is 2.47. The van der Waals surface area contributed by atoms with Crippen molar-refractivity contribution in [3.63, 3.8) is 0 Å². The predicted octanol–water partition coefficient (Wildman–Crippen LogP) is 2.26. The Morgan fingerprint density at radius 1 is 1.50 bits per heavy atom. The summed E-state index contributed by atoms with van der Waals surface area (Å²) >= 11 is 0.